The molecule has 0 saturated carbocycles. The van der Waals surface area contributed by atoms with Gasteiger partial charge in [0.15, 0.2) is 0 Å². The molecule has 0 spiro atoms. The van der Waals surface area contributed by atoms with Crippen LogP contribution >= 0.6 is 11.6 Å². The van der Waals surface area contributed by atoms with E-state index >= 15 is 0 Å². The highest BCUT2D eigenvalue weighted by Crippen LogP contribution is 2.27. The zero-order valence-electron chi connectivity index (χ0n) is 10.4. The fourth-order valence-corrected chi connectivity index (χ4v) is 2.34. The number of anilines is 1. The SMILES string of the molecule is O=C([O-])[C@H]1CC=CC[C@H]1C(=O)Nc1ccc(Cl)cc1F. The lowest BCUT2D eigenvalue weighted by molar-refractivity contribution is -0.313. The van der Waals surface area contributed by atoms with Gasteiger partial charge < -0.3 is 15.2 Å². The standard InChI is InChI=1S/C14H13ClFNO3/c15-8-5-6-12(11(16)7-8)17-13(18)9-3-1-2-4-10(9)14(19)20/h1-2,5-7,9-10H,3-4H2,(H,17,18)(H,19,20)/p-1/t9-,10+/m1/s1. The lowest BCUT2D eigenvalue weighted by Gasteiger charge is -2.28. The lowest BCUT2D eigenvalue weighted by atomic mass is 9.82. The normalized spacial score (nSPS) is 21.5. The number of hydrogen-bond acceptors (Lipinski definition) is 3. The van der Waals surface area contributed by atoms with Crippen LogP contribution in [0.15, 0.2) is 30.4 Å². The van der Waals surface area contributed by atoms with Crippen LogP contribution in [0.5, 0.6) is 0 Å². The number of amides is 1. The molecule has 20 heavy (non-hydrogen) atoms. The van der Waals surface area contributed by atoms with Crippen LogP contribution in [0.2, 0.25) is 5.02 Å². The van der Waals surface area contributed by atoms with Gasteiger partial charge in [-0.25, -0.2) is 4.39 Å². The monoisotopic (exact) mass is 296 g/mol. The predicted octanol–water partition coefficient (Wildman–Crippen LogP) is 1.75. The number of carbonyl (C=O) groups is 2. The number of allylic oxidation sites excluding steroid dienone is 2. The molecule has 0 unspecified atom stereocenters. The van der Waals surface area contributed by atoms with Crippen molar-refractivity contribution in [3.63, 3.8) is 0 Å². The molecule has 6 heteroatoms. The molecule has 0 saturated heterocycles. The molecule has 1 amide bonds. The van der Waals surface area contributed by atoms with Crippen molar-refractivity contribution in [3.05, 3.63) is 41.2 Å². The maximum atomic E-state index is 13.6. The zero-order chi connectivity index (χ0) is 14.7. The Morgan fingerprint density at radius 3 is 2.50 bits per heavy atom. The average Bonchev–Trinajstić information content (AvgIpc) is 2.41. The van der Waals surface area contributed by atoms with Gasteiger partial charge in [0.2, 0.25) is 5.91 Å². The van der Waals surface area contributed by atoms with E-state index in [2.05, 4.69) is 5.32 Å². The van der Waals surface area contributed by atoms with E-state index in [1.807, 2.05) is 0 Å². The van der Waals surface area contributed by atoms with E-state index in [0.717, 1.165) is 6.07 Å². The minimum Gasteiger partial charge on any atom is -0.550 e. The summed E-state index contributed by atoms with van der Waals surface area (Å²) in [4.78, 5) is 23.1. The molecule has 0 fully saturated rings. The number of halogens is 2. The van der Waals surface area contributed by atoms with Gasteiger partial charge in [-0.3, -0.25) is 4.79 Å². The molecule has 1 aliphatic rings. The summed E-state index contributed by atoms with van der Waals surface area (Å²) >= 11 is 5.62. The van der Waals surface area contributed by atoms with Crippen LogP contribution < -0.4 is 10.4 Å². The van der Waals surface area contributed by atoms with Crippen molar-refractivity contribution in [1.82, 2.24) is 0 Å². The van der Waals surface area contributed by atoms with Crippen molar-refractivity contribution in [3.8, 4) is 0 Å². The van der Waals surface area contributed by atoms with Crippen LogP contribution in [0.25, 0.3) is 0 Å². The summed E-state index contributed by atoms with van der Waals surface area (Å²) in [5.41, 5.74) is -0.0222. The van der Waals surface area contributed by atoms with Crippen molar-refractivity contribution in [2.75, 3.05) is 5.32 Å². The molecule has 1 N–H and O–H groups in total. The molecule has 0 radical (unpaired) electrons. The summed E-state index contributed by atoms with van der Waals surface area (Å²) in [6, 6.07) is 3.85. The van der Waals surface area contributed by atoms with E-state index in [0.29, 0.717) is 6.42 Å². The molecule has 1 aromatic carbocycles. The summed E-state index contributed by atoms with van der Waals surface area (Å²) in [5, 5.41) is 13.6. The first kappa shape index (κ1) is 14.5. The first-order chi connectivity index (χ1) is 9.49. The molecule has 0 aromatic heterocycles. The van der Waals surface area contributed by atoms with Gasteiger partial charge in [0.1, 0.15) is 5.82 Å². The topological polar surface area (TPSA) is 69.2 Å². The second-order valence-corrected chi connectivity index (χ2v) is 5.02. The number of rotatable bonds is 3. The number of benzene rings is 1. The van der Waals surface area contributed by atoms with Crippen LogP contribution in [0.1, 0.15) is 12.8 Å². The highest BCUT2D eigenvalue weighted by molar-refractivity contribution is 6.30. The van der Waals surface area contributed by atoms with Crippen molar-refractivity contribution < 1.29 is 19.1 Å². The third kappa shape index (κ3) is 3.17. The number of aliphatic carboxylic acids is 1. The summed E-state index contributed by atoms with van der Waals surface area (Å²) in [6.45, 7) is 0. The molecule has 2 atom stereocenters. The predicted molar refractivity (Wildman–Crippen MR) is 70.4 cm³/mol. The Morgan fingerprint density at radius 2 is 1.90 bits per heavy atom. The highest BCUT2D eigenvalue weighted by Gasteiger charge is 2.30. The van der Waals surface area contributed by atoms with Crippen LogP contribution in [-0.4, -0.2) is 11.9 Å². The number of carbonyl (C=O) groups excluding carboxylic acids is 2. The summed E-state index contributed by atoms with van der Waals surface area (Å²) in [7, 11) is 0. The largest absolute Gasteiger partial charge is 0.550 e. The number of carboxylic acid groups (broad SMARTS) is 1. The first-order valence-electron chi connectivity index (χ1n) is 6.11. The minimum atomic E-state index is -1.27. The van der Waals surface area contributed by atoms with Gasteiger partial charge in [-0.15, -0.1) is 0 Å². The van der Waals surface area contributed by atoms with E-state index in [-0.39, 0.29) is 17.1 Å². The summed E-state index contributed by atoms with van der Waals surface area (Å²) in [6.07, 6.45) is 3.97. The van der Waals surface area contributed by atoms with Crippen molar-refractivity contribution in [2.24, 2.45) is 11.8 Å². The molecule has 0 heterocycles. The maximum absolute atomic E-state index is 13.6. The van der Waals surface area contributed by atoms with Crippen LogP contribution in [0, 0.1) is 17.7 Å². The molecule has 4 nitrogen and oxygen atoms in total. The molecule has 2 rings (SSSR count). The summed E-state index contributed by atoms with van der Waals surface area (Å²) in [5.74, 6) is -4.13. The van der Waals surface area contributed by atoms with Gasteiger partial charge in [0.25, 0.3) is 0 Å². The molecular weight excluding hydrogens is 285 g/mol. The molecule has 1 aromatic rings. The first-order valence-corrected chi connectivity index (χ1v) is 6.48. The Morgan fingerprint density at radius 1 is 1.25 bits per heavy atom. The van der Waals surface area contributed by atoms with Gasteiger partial charge in [-0.05, 0) is 31.0 Å². The van der Waals surface area contributed by atoms with E-state index < -0.39 is 29.5 Å². The molecule has 0 aliphatic heterocycles. The fourth-order valence-electron chi connectivity index (χ4n) is 2.18. The zero-order valence-corrected chi connectivity index (χ0v) is 11.2. The Balaban J connectivity index is 2.14. The van der Waals surface area contributed by atoms with Crippen LogP contribution in [0.4, 0.5) is 10.1 Å². The van der Waals surface area contributed by atoms with Gasteiger partial charge in [0, 0.05) is 16.9 Å². The van der Waals surface area contributed by atoms with E-state index in [9.17, 15) is 19.1 Å². The fraction of sp³-hybridized carbons (Fsp3) is 0.286. The third-order valence-corrected chi connectivity index (χ3v) is 3.50. The number of hydrogen-bond donors (Lipinski definition) is 1. The van der Waals surface area contributed by atoms with E-state index in [1.165, 1.54) is 12.1 Å². The smallest absolute Gasteiger partial charge is 0.228 e. The minimum absolute atomic E-state index is 0.0222. The van der Waals surface area contributed by atoms with Gasteiger partial charge in [-0.2, -0.15) is 0 Å². The third-order valence-electron chi connectivity index (χ3n) is 3.26. The molecule has 106 valence electrons. The quantitative estimate of drug-likeness (QED) is 0.864. The van der Waals surface area contributed by atoms with Gasteiger partial charge in [0.05, 0.1) is 11.6 Å². The van der Waals surface area contributed by atoms with Crippen molar-refractivity contribution in [2.45, 2.75) is 12.8 Å². The van der Waals surface area contributed by atoms with Gasteiger partial charge in [-0.1, -0.05) is 23.8 Å². The second kappa shape index (κ2) is 6.05. The van der Waals surface area contributed by atoms with Crippen LogP contribution in [-0.2, 0) is 9.59 Å². The van der Waals surface area contributed by atoms with Crippen molar-refractivity contribution in [1.29, 1.82) is 0 Å². The molecular formula is C14H12ClFNO3-. The Kier molecular flexibility index (Phi) is 4.39. The maximum Gasteiger partial charge on any atom is 0.228 e. The van der Waals surface area contributed by atoms with E-state index in [4.69, 9.17) is 11.6 Å². The number of nitrogens with one attached hydrogen (secondary N) is 1. The second-order valence-electron chi connectivity index (χ2n) is 4.59. The Bertz CT molecular complexity index is 574. The Hall–Kier alpha value is -1.88. The summed E-state index contributed by atoms with van der Waals surface area (Å²) < 4.78 is 13.6. The van der Waals surface area contributed by atoms with Gasteiger partial charge >= 0.3 is 0 Å². The highest BCUT2D eigenvalue weighted by atomic mass is 35.5. The Labute approximate surface area is 120 Å². The number of carboxylic acids is 1. The van der Waals surface area contributed by atoms with E-state index in [1.54, 1.807) is 12.2 Å². The van der Waals surface area contributed by atoms with Crippen molar-refractivity contribution >= 4 is 29.2 Å². The molecule has 1 aliphatic carbocycles. The lowest BCUT2D eigenvalue weighted by Crippen LogP contribution is -2.41. The van der Waals surface area contributed by atoms with Crippen LogP contribution in [0.3, 0.4) is 0 Å². The average molecular weight is 297 g/mol. The molecule has 0 bridgehead atoms.